The Morgan fingerprint density at radius 3 is 2.76 bits per heavy atom. The third-order valence-corrected chi connectivity index (χ3v) is 3.29. The Balaban J connectivity index is 2.41. The lowest BCUT2D eigenvalue weighted by Crippen LogP contribution is -2.17. The lowest BCUT2D eigenvalue weighted by molar-refractivity contribution is 0.0694. The van der Waals surface area contributed by atoms with Crippen LogP contribution in [-0.4, -0.2) is 27.7 Å². The van der Waals surface area contributed by atoms with Crippen molar-refractivity contribution >= 4 is 5.97 Å². The van der Waals surface area contributed by atoms with Crippen molar-refractivity contribution in [3.05, 3.63) is 57.3 Å². The number of hydrogen-bond acceptors (Lipinski definition) is 4. The highest BCUT2D eigenvalue weighted by Gasteiger charge is 2.12. The zero-order chi connectivity index (χ0) is 15.6. The molecule has 0 radical (unpaired) electrons. The maximum atomic E-state index is 11.4. The van der Waals surface area contributed by atoms with Crippen LogP contribution in [0.25, 0.3) is 0 Å². The Kier molecular flexibility index (Phi) is 4.07. The molecule has 0 spiro atoms. The van der Waals surface area contributed by atoms with E-state index in [4.69, 9.17) is 9.84 Å². The van der Waals surface area contributed by atoms with Gasteiger partial charge in [-0.15, -0.1) is 0 Å². The molecule has 2 heterocycles. The Morgan fingerprint density at radius 2 is 2.14 bits per heavy atom. The van der Waals surface area contributed by atoms with Gasteiger partial charge < -0.3 is 14.4 Å². The second-order valence-electron chi connectivity index (χ2n) is 4.75. The zero-order valence-electron chi connectivity index (χ0n) is 12.1. The summed E-state index contributed by atoms with van der Waals surface area (Å²) in [5.74, 6) is -0.472. The zero-order valence-corrected chi connectivity index (χ0v) is 12.1. The van der Waals surface area contributed by atoms with Gasteiger partial charge in [-0.05, 0) is 13.8 Å². The minimum Gasteiger partial charge on any atom is -0.496 e. The highest BCUT2D eigenvalue weighted by molar-refractivity contribution is 5.86. The van der Waals surface area contributed by atoms with Gasteiger partial charge in [-0.2, -0.15) is 0 Å². The molecule has 110 valence electrons. The average Bonchev–Trinajstić information content (AvgIpc) is 2.44. The molecule has 0 fully saturated rings. The first kappa shape index (κ1) is 14.8. The van der Waals surface area contributed by atoms with E-state index in [1.807, 2.05) is 13.8 Å². The van der Waals surface area contributed by atoms with Crippen molar-refractivity contribution in [2.75, 3.05) is 7.11 Å². The van der Waals surface area contributed by atoms with E-state index < -0.39 is 11.4 Å². The van der Waals surface area contributed by atoms with E-state index in [1.165, 1.54) is 12.3 Å². The largest absolute Gasteiger partial charge is 0.496 e. The maximum Gasteiger partial charge on any atom is 0.341 e. The van der Waals surface area contributed by atoms with Crippen LogP contribution < -0.4 is 10.2 Å². The van der Waals surface area contributed by atoms with Crippen molar-refractivity contribution in [1.82, 2.24) is 9.55 Å². The fourth-order valence-corrected chi connectivity index (χ4v) is 2.19. The van der Waals surface area contributed by atoms with E-state index in [1.54, 1.807) is 24.1 Å². The molecule has 2 aromatic rings. The molecule has 21 heavy (non-hydrogen) atoms. The molecule has 0 unspecified atom stereocenters. The van der Waals surface area contributed by atoms with E-state index in [-0.39, 0.29) is 5.56 Å². The molecule has 0 aliphatic carbocycles. The first-order valence-electron chi connectivity index (χ1n) is 6.36. The number of pyridine rings is 2. The van der Waals surface area contributed by atoms with Crippen LogP contribution in [-0.2, 0) is 6.54 Å². The topological polar surface area (TPSA) is 81.4 Å². The summed E-state index contributed by atoms with van der Waals surface area (Å²) >= 11 is 0. The number of carboxylic acid groups (broad SMARTS) is 1. The predicted molar refractivity (Wildman–Crippen MR) is 77.0 cm³/mol. The quantitative estimate of drug-likeness (QED) is 0.924. The fourth-order valence-electron chi connectivity index (χ4n) is 2.19. The van der Waals surface area contributed by atoms with Crippen LogP contribution in [0.2, 0.25) is 0 Å². The van der Waals surface area contributed by atoms with Crippen LogP contribution >= 0.6 is 0 Å². The number of aryl methyl sites for hydroxylation is 1. The van der Waals surface area contributed by atoms with Crippen LogP contribution in [0.3, 0.4) is 0 Å². The average molecular weight is 288 g/mol. The standard InChI is InChI=1S/C15H16N2O4/c1-9-6-16-12(10(2)14(9)21-3)8-17-5-4-13(18)11(7-17)15(19)20/h4-7H,8H2,1-3H3,(H,19,20). The molecule has 0 aromatic carbocycles. The van der Waals surface area contributed by atoms with Gasteiger partial charge in [-0.1, -0.05) is 0 Å². The normalized spacial score (nSPS) is 10.4. The second-order valence-corrected chi connectivity index (χ2v) is 4.75. The number of methoxy groups -OCH3 is 1. The predicted octanol–water partition coefficient (Wildman–Crippen LogP) is 1.62. The smallest absolute Gasteiger partial charge is 0.341 e. The van der Waals surface area contributed by atoms with E-state index in [2.05, 4.69) is 4.98 Å². The van der Waals surface area contributed by atoms with Crippen molar-refractivity contribution in [2.45, 2.75) is 20.4 Å². The Bertz CT molecular complexity index is 750. The molecule has 0 aliphatic rings. The molecule has 0 atom stereocenters. The van der Waals surface area contributed by atoms with Gasteiger partial charge in [-0.3, -0.25) is 9.78 Å². The van der Waals surface area contributed by atoms with Gasteiger partial charge in [0, 0.05) is 35.8 Å². The van der Waals surface area contributed by atoms with Crippen molar-refractivity contribution in [1.29, 1.82) is 0 Å². The van der Waals surface area contributed by atoms with Gasteiger partial charge in [0.1, 0.15) is 11.3 Å². The van der Waals surface area contributed by atoms with E-state index >= 15 is 0 Å². The van der Waals surface area contributed by atoms with Crippen molar-refractivity contribution < 1.29 is 14.6 Å². The number of ether oxygens (including phenoxy) is 1. The summed E-state index contributed by atoms with van der Waals surface area (Å²) in [5, 5.41) is 8.98. The molecule has 0 amide bonds. The second kappa shape index (κ2) is 5.78. The van der Waals surface area contributed by atoms with Crippen LogP contribution in [0.4, 0.5) is 0 Å². The molecule has 0 aliphatic heterocycles. The molecular weight excluding hydrogens is 272 g/mol. The van der Waals surface area contributed by atoms with Gasteiger partial charge in [0.15, 0.2) is 5.43 Å². The minimum atomic E-state index is -1.24. The van der Waals surface area contributed by atoms with Crippen LogP contribution in [0.5, 0.6) is 5.75 Å². The number of hydrogen-bond donors (Lipinski definition) is 1. The Labute approximate surface area is 121 Å². The molecule has 2 aromatic heterocycles. The first-order chi connectivity index (χ1) is 9.93. The number of carbonyl (C=O) groups is 1. The van der Waals surface area contributed by atoms with E-state index in [9.17, 15) is 9.59 Å². The van der Waals surface area contributed by atoms with Crippen LogP contribution in [0.15, 0.2) is 29.5 Å². The number of aromatic nitrogens is 2. The molecule has 0 saturated heterocycles. The van der Waals surface area contributed by atoms with Gasteiger partial charge in [0.25, 0.3) is 0 Å². The third-order valence-electron chi connectivity index (χ3n) is 3.29. The summed E-state index contributed by atoms with van der Waals surface area (Å²) in [6.45, 7) is 4.17. The molecule has 0 bridgehead atoms. The van der Waals surface area contributed by atoms with Gasteiger partial charge in [0.2, 0.25) is 0 Å². The molecule has 6 nitrogen and oxygen atoms in total. The van der Waals surface area contributed by atoms with Gasteiger partial charge in [0.05, 0.1) is 19.3 Å². The summed E-state index contributed by atoms with van der Waals surface area (Å²) in [7, 11) is 1.60. The summed E-state index contributed by atoms with van der Waals surface area (Å²) in [4.78, 5) is 26.8. The van der Waals surface area contributed by atoms with Crippen LogP contribution in [0, 0.1) is 13.8 Å². The number of rotatable bonds is 4. The maximum absolute atomic E-state index is 11.4. The number of carboxylic acids is 1. The highest BCUT2D eigenvalue weighted by Crippen LogP contribution is 2.24. The van der Waals surface area contributed by atoms with Crippen molar-refractivity contribution in [3.8, 4) is 5.75 Å². The molecule has 6 heteroatoms. The van der Waals surface area contributed by atoms with E-state index in [0.29, 0.717) is 6.54 Å². The molecular formula is C15H16N2O4. The van der Waals surface area contributed by atoms with Crippen LogP contribution in [0.1, 0.15) is 27.2 Å². The van der Waals surface area contributed by atoms with Gasteiger partial charge in [-0.25, -0.2) is 4.79 Å². The van der Waals surface area contributed by atoms with E-state index in [0.717, 1.165) is 22.6 Å². The fraction of sp³-hybridized carbons (Fsp3) is 0.267. The van der Waals surface area contributed by atoms with Gasteiger partial charge >= 0.3 is 5.97 Å². The summed E-state index contributed by atoms with van der Waals surface area (Å²) in [5.41, 5.74) is 1.83. The molecule has 0 saturated carbocycles. The lowest BCUT2D eigenvalue weighted by Gasteiger charge is -2.13. The summed E-state index contributed by atoms with van der Waals surface area (Å²) < 4.78 is 6.96. The number of aromatic carboxylic acids is 1. The van der Waals surface area contributed by atoms with Crippen molar-refractivity contribution in [3.63, 3.8) is 0 Å². The minimum absolute atomic E-state index is 0.255. The lowest BCUT2D eigenvalue weighted by atomic mass is 10.1. The third kappa shape index (κ3) is 2.94. The summed E-state index contributed by atoms with van der Waals surface area (Å²) in [6, 6.07) is 1.24. The first-order valence-corrected chi connectivity index (χ1v) is 6.36. The Morgan fingerprint density at radius 1 is 1.43 bits per heavy atom. The van der Waals surface area contributed by atoms with Crippen molar-refractivity contribution in [2.24, 2.45) is 0 Å². The molecule has 1 N–H and O–H groups in total. The number of nitrogens with zero attached hydrogens (tertiary/aromatic N) is 2. The highest BCUT2D eigenvalue weighted by atomic mass is 16.5. The summed E-state index contributed by atoms with van der Waals surface area (Å²) in [6.07, 6.45) is 4.57. The SMILES string of the molecule is COc1c(C)cnc(Cn2ccc(=O)c(C(=O)O)c2)c1C. The monoisotopic (exact) mass is 288 g/mol. The Hall–Kier alpha value is -2.63. The molecule has 2 rings (SSSR count).